The first-order valence-corrected chi connectivity index (χ1v) is 21.3. The predicted molar refractivity (Wildman–Crippen MR) is 251 cm³/mol. The highest BCUT2D eigenvalue weighted by molar-refractivity contribution is 7.25. The van der Waals surface area contributed by atoms with Gasteiger partial charge < -0.3 is 0 Å². The Morgan fingerprint density at radius 1 is 0.333 bits per heavy atom. The van der Waals surface area contributed by atoms with Crippen molar-refractivity contribution in [3.05, 3.63) is 241 Å². The minimum atomic E-state index is -0.506. The van der Waals surface area contributed by atoms with Gasteiger partial charge in [0, 0.05) is 36.9 Å². The van der Waals surface area contributed by atoms with Gasteiger partial charge in [-0.15, -0.1) is 11.3 Å². The van der Waals surface area contributed by atoms with Crippen LogP contribution in [0.4, 0.5) is 0 Å². The molecule has 0 saturated heterocycles. The van der Waals surface area contributed by atoms with Crippen molar-refractivity contribution >= 4 is 42.3 Å². The molecule has 2 aromatic heterocycles. The Morgan fingerprint density at radius 3 is 1.70 bits per heavy atom. The van der Waals surface area contributed by atoms with Gasteiger partial charge in [-0.2, -0.15) is 0 Å². The average molecular weight is 781 g/mol. The average Bonchev–Trinajstić information content (AvgIpc) is 3.85. The van der Waals surface area contributed by atoms with Gasteiger partial charge in [0.15, 0.2) is 5.82 Å². The highest BCUT2D eigenvalue weighted by Crippen LogP contribution is 2.56. The van der Waals surface area contributed by atoms with E-state index in [1.54, 1.807) is 0 Å². The zero-order valence-corrected chi connectivity index (χ0v) is 33.4. The first kappa shape index (κ1) is 34.6. The van der Waals surface area contributed by atoms with E-state index in [4.69, 9.17) is 9.97 Å². The van der Waals surface area contributed by atoms with E-state index in [0.29, 0.717) is 5.82 Å². The predicted octanol–water partition coefficient (Wildman–Crippen LogP) is 15.0. The fourth-order valence-electron chi connectivity index (χ4n) is 9.63. The van der Waals surface area contributed by atoms with Crippen LogP contribution < -0.4 is 0 Å². The number of fused-ring (bicyclic) bond motifs is 7. The Kier molecular flexibility index (Phi) is 7.97. The molecule has 12 rings (SSSR count). The van der Waals surface area contributed by atoms with Crippen molar-refractivity contribution < 1.29 is 0 Å². The lowest BCUT2D eigenvalue weighted by molar-refractivity contribution is 0.768. The van der Waals surface area contributed by atoms with Crippen molar-refractivity contribution in [2.75, 3.05) is 0 Å². The number of hydrogen-bond acceptors (Lipinski definition) is 3. The van der Waals surface area contributed by atoms with Crippen LogP contribution in [0.25, 0.3) is 87.1 Å². The molecule has 1 aliphatic carbocycles. The van der Waals surface area contributed by atoms with Crippen molar-refractivity contribution in [2.45, 2.75) is 5.41 Å². The summed E-state index contributed by atoms with van der Waals surface area (Å²) in [6.07, 6.45) is 0. The van der Waals surface area contributed by atoms with Gasteiger partial charge in [0.2, 0.25) is 0 Å². The van der Waals surface area contributed by atoms with E-state index in [0.717, 1.165) is 38.9 Å². The maximum absolute atomic E-state index is 5.42. The van der Waals surface area contributed by atoms with Crippen LogP contribution in [0.3, 0.4) is 0 Å². The molecule has 2 heterocycles. The van der Waals surface area contributed by atoms with Crippen LogP contribution in [-0.2, 0) is 5.41 Å². The van der Waals surface area contributed by atoms with Gasteiger partial charge in [-0.25, -0.2) is 9.97 Å². The number of benzene rings is 9. The van der Waals surface area contributed by atoms with Crippen LogP contribution >= 0.6 is 11.3 Å². The zero-order chi connectivity index (χ0) is 39.6. The van der Waals surface area contributed by atoms with E-state index in [1.807, 2.05) is 11.3 Å². The maximum atomic E-state index is 5.42. The van der Waals surface area contributed by atoms with Crippen LogP contribution in [0.2, 0.25) is 0 Å². The van der Waals surface area contributed by atoms with Crippen LogP contribution in [0.5, 0.6) is 0 Å². The standard InChI is InChI=1S/C57H36N2S/c1-3-16-42(17-4-1)57(43-18-5-2-6-19-43)50-24-11-9-21-45(50)46-32-31-41(34-51(46)57)53-36-52(58-56(59-53)49-23-13-15-38-14-7-8-20-44(38)49)39-28-26-37(27-29-39)40-30-33-48-47-22-10-12-25-54(47)60-55(48)35-40/h1-36H. The second-order valence-electron chi connectivity index (χ2n) is 15.7. The van der Waals surface area contributed by atoms with Gasteiger partial charge in [-0.05, 0) is 79.5 Å². The Morgan fingerprint density at radius 2 is 0.900 bits per heavy atom. The van der Waals surface area contributed by atoms with E-state index >= 15 is 0 Å². The molecule has 0 radical (unpaired) electrons. The van der Waals surface area contributed by atoms with Crippen LogP contribution in [0.15, 0.2) is 218 Å². The molecule has 1 aliphatic rings. The summed E-state index contributed by atoms with van der Waals surface area (Å²) in [7, 11) is 0. The summed E-state index contributed by atoms with van der Waals surface area (Å²) >= 11 is 1.85. The SMILES string of the molecule is c1ccc(C2(c3ccccc3)c3ccccc3-c3ccc(-c4cc(-c5ccc(-c6ccc7c(c6)sc6ccccc67)cc5)nc(-c5cccc6ccccc56)n4)cc32)cc1. The van der Waals surface area contributed by atoms with Gasteiger partial charge in [0.05, 0.1) is 16.8 Å². The maximum Gasteiger partial charge on any atom is 0.161 e. The number of hydrogen-bond donors (Lipinski definition) is 0. The van der Waals surface area contributed by atoms with Gasteiger partial charge >= 0.3 is 0 Å². The molecule has 0 fully saturated rings. The third kappa shape index (κ3) is 5.40. The topological polar surface area (TPSA) is 25.8 Å². The van der Waals surface area contributed by atoms with E-state index in [9.17, 15) is 0 Å². The molecule has 280 valence electrons. The van der Waals surface area contributed by atoms with Crippen molar-refractivity contribution in [1.82, 2.24) is 9.97 Å². The van der Waals surface area contributed by atoms with Crippen molar-refractivity contribution in [2.24, 2.45) is 0 Å². The first-order valence-electron chi connectivity index (χ1n) is 20.5. The summed E-state index contributed by atoms with van der Waals surface area (Å²) in [5.74, 6) is 0.708. The highest BCUT2D eigenvalue weighted by Gasteiger charge is 2.46. The van der Waals surface area contributed by atoms with Gasteiger partial charge in [0.25, 0.3) is 0 Å². The molecule has 0 aliphatic heterocycles. The third-order valence-electron chi connectivity index (χ3n) is 12.4. The normalized spacial score (nSPS) is 12.8. The van der Waals surface area contributed by atoms with E-state index in [2.05, 4.69) is 218 Å². The molecule has 2 nitrogen and oxygen atoms in total. The molecule has 0 atom stereocenters. The Labute approximate surface area is 352 Å². The molecule has 0 N–H and O–H groups in total. The molecular weight excluding hydrogens is 745 g/mol. The summed E-state index contributed by atoms with van der Waals surface area (Å²) in [5, 5.41) is 4.92. The number of aromatic nitrogens is 2. The quantitative estimate of drug-likeness (QED) is 0.168. The monoisotopic (exact) mass is 780 g/mol. The fourth-order valence-corrected chi connectivity index (χ4v) is 10.8. The van der Waals surface area contributed by atoms with Crippen molar-refractivity contribution in [3.8, 4) is 56.2 Å². The zero-order valence-electron chi connectivity index (χ0n) is 32.6. The second-order valence-corrected chi connectivity index (χ2v) is 16.7. The van der Waals surface area contributed by atoms with Crippen LogP contribution in [0.1, 0.15) is 22.3 Å². The summed E-state index contributed by atoms with van der Waals surface area (Å²) in [6.45, 7) is 0. The lowest BCUT2D eigenvalue weighted by Gasteiger charge is -2.34. The summed E-state index contributed by atoms with van der Waals surface area (Å²) in [4.78, 5) is 10.8. The lowest BCUT2D eigenvalue weighted by Crippen LogP contribution is -2.28. The highest BCUT2D eigenvalue weighted by atomic mass is 32.1. The number of rotatable bonds is 6. The van der Waals surface area contributed by atoms with Crippen LogP contribution in [0, 0.1) is 0 Å². The molecule has 0 saturated carbocycles. The summed E-state index contributed by atoms with van der Waals surface area (Å²) in [6, 6.07) is 79.2. The Bertz CT molecular complexity index is 3380. The molecule has 0 unspecified atom stereocenters. The molecule has 0 spiro atoms. The largest absolute Gasteiger partial charge is 0.228 e. The minimum absolute atomic E-state index is 0.506. The van der Waals surface area contributed by atoms with E-state index in [-0.39, 0.29) is 0 Å². The van der Waals surface area contributed by atoms with E-state index in [1.165, 1.54) is 64.7 Å². The lowest BCUT2D eigenvalue weighted by atomic mass is 9.67. The Hall–Kier alpha value is -7.46. The number of nitrogens with zero attached hydrogens (tertiary/aromatic N) is 2. The minimum Gasteiger partial charge on any atom is -0.228 e. The van der Waals surface area contributed by atoms with Crippen LogP contribution in [-0.4, -0.2) is 9.97 Å². The summed E-state index contributed by atoms with van der Waals surface area (Å²) < 4.78 is 2.62. The molecule has 60 heavy (non-hydrogen) atoms. The summed E-state index contributed by atoms with van der Waals surface area (Å²) in [5.41, 5.74) is 14.3. The van der Waals surface area contributed by atoms with E-state index < -0.39 is 5.41 Å². The molecule has 11 aromatic rings. The van der Waals surface area contributed by atoms with Gasteiger partial charge in [0.1, 0.15) is 0 Å². The fraction of sp³-hybridized carbons (Fsp3) is 0.0175. The molecule has 0 amide bonds. The van der Waals surface area contributed by atoms with Gasteiger partial charge in [-0.1, -0.05) is 194 Å². The second kappa shape index (κ2) is 13.8. The smallest absolute Gasteiger partial charge is 0.161 e. The molecule has 0 bridgehead atoms. The molecular formula is C57H36N2S. The molecule has 3 heteroatoms. The van der Waals surface area contributed by atoms with Crippen molar-refractivity contribution in [3.63, 3.8) is 0 Å². The molecule has 9 aromatic carbocycles. The first-order chi connectivity index (χ1) is 29.7. The van der Waals surface area contributed by atoms with Crippen molar-refractivity contribution in [1.29, 1.82) is 0 Å². The van der Waals surface area contributed by atoms with Gasteiger partial charge in [-0.3, -0.25) is 0 Å². The Balaban J connectivity index is 1.04. The third-order valence-corrected chi connectivity index (χ3v) is 13.5. The number of thiophene rings is 1.